The molecule has 0 aliphatic heterocycles. The number of alkyl halides is 1. The van der Waals surface area contributed by atoms with Crippen molar-refractivity contribution >= 4 is 16.9 Å². The highest BCUT2D eigenvalue weighted by Gasteiger charge is 2.22. The molecule has 2 aromatic carbocycles. The summed E-state index contributed by atoms with van der Waals surface area (Å²) in [6.07, 6.45) is -1.96. The Morgan fingerprint density at radius 3 is 2.46 bits per heavy atom. The monoisotopic (exact) mass is 390 g/mol. The Bertz CT molecular complexity index is 1130. The molecule has 0 aliphatic rings. The summed E-state index contributed by atoms with van der Waals surface area (Å²) in [7, 11) is 0. The molecule has 1 unspecified atom stereocenters. The van der Waals surface area contributed by atoms with Gasteiger partial charge in [-0.2, -0.15) is 0 Å². The van der Waals surface area contributed by atoms with Crippen molar-refractivity contribution in [3.63, 3.8) is 0 Å². The predicted octanol–water partition coefficient (Wildman–Crippen LogP) is 2.94. The van der Waals surface area contributed by atoms with Crippen LogP contribution in [0.25, 0.3) is 22.3 Å². The molecular weight excluding hydrogens is 375 g/mol. The summed E-state index contributed by atoms with van der Waals surface area (Å²) in [6, 6.07) is 5.45. The quantitative estimate of drug-likeness (QED) is 0.303. The SMILES string of the molecule is CCC(F)C(=O)Oc1cc(O)c2c(=O)c(O)c(-c3ccc(O)c(O)c3)oc2c1. The van der Waals surface area contributed by atoms with Crippen molar-refractivity contribution < 1.29 is 38.8 Å². The molecule has 0 radical (unpaired) electrons. The molecule has 0 aliphatic carbocycles. The van der Waals surface area contributed by atoms with Gasteiger partial charge in [-0.25, -0.2) is 9.18 Å². The van der Waals surface area contributed by atoms with Crippen molar-refractivity contribution in [2.45, 2.75) is 19.5 Å². The first-order valence-corrected chi connectivity index (χ1v) is 8.13. The first-order valence-electron chi connectivity index (χ1n) is 8.13. The summed E-state index contributed by atoms with van der Waals surface area (Å²) in [4.78, 5) is 24.0. The highest BCUT2D eigenvalue weighted by molar-refractivity contribution is 5.89. The molecule has 1 heterocycles. The van der Waals surface area contributed by atoms with Crippen LogP contribution in [0.5, 0.6) is 28.7 Å². The molecule has 1 aromatic heterocycles. The van der Waals surface area contributed by atoms with Crippen molar-refractivity contribution in [1.82, 2.24) is 0 Å². The normalized spacial score (nSPS) is 12.1. The Morgan fingerprint density at radius 1 is 1.11 bits per heavy atom. The summed E-state index contributed by atoms with van der Waals surface area (Å²) in [5.41, 5.74) is -1.17. The minimum absolute atomic E-state index is 0.0588. The molecule has 3 aromatic rings. The Labute approximate surface area is 156 Å². The van der Waals surface area contributed by atoms with Crippen molar-refractivity contribution in [3.05, 3.63) is 40.6 Å². The van der Waals surface area contributed by atoms with Gasteiger partial charge in [-0.1, -0.05) is 6.92 Å². The van der Waals surface area contributed by atoms with Gasteiger partial charge in [0, 0.05) is 17.7 Å². The van der Waals surface area contributed by atoms with Crippen LogP contribution in [-0.4, -0.2) is 32.6 Å². The fraction of sp³-hybridized carbons (Fsp3) is 0.158. The van der Waals surface area contributed by atoms with Crippen molar-refractivity contribution in [2.75, 3.05) is 0 Å². The lowest BCUT2D eigenvalue weighted by atomic mass is 10.1. The number of ether oxygens (including phenoxy) is 1. The first kappa shape index (κ1) is 19.0. The fourth-order valence-electron chi connectivity index (χ4n) is 2.53. The zero-order valence-corrected chi connectivity index (χ0v) is 14.5. The average molecular weight is 390 g/mol. The average Bonchev–Trinajstić information content (AvgIpc) is 2.65. The zero-order chi connectivity index (χ0) is 20.6. The number of hydrogen-bond donors (Lipinski definition) is 4. The van der Waals surface area contributed by atoms with Gasteiger partial charge in [0.2, 0.25) is 11.2 Å². The third kappa shape index (κ3) is 3.29. The van der Waals surface area contributed by atoms with E-state index in [2.05, 4.69) is 0 Å². The van der Waals surface area contributed by atoms with Gasteiger partial charge in [0.05, 0.1) is 0 Å². The topological polar surface area (TPSA) is 137 Å². The van der Waals surface area contributed by atoms with Crippen LogP contribution in [0, 0.1) is 0 Å². The molecule has 0 saturated heterocycles. The van der Waals surface area contributed by atoms with Crippen molar-refractivity contribution in [1.29, 1.82) is 0 Å². The molecule has 8 nitrogen and oxygen atoms in total. The minimum Gasteiger partial charge on any atom is -0.507 e. The Hall–Kier alpha value is -3.75. The van der Waals surface area contributed by atoms with E-state index in [4.69, 9.17) is 9.15 Å². The van der Waals surface area contributed by atoms with Crippen LogP contribution < -0.4 is 10.2 Å². The van der Waals surface area contributed by atoms with Gasteiger partial charge in [-0.05, 0) is 24.6 Å². The van der Waals surface area contributed by atoms with Crippen LogP contribution in [0.3, 0.4) is 0 Å². The number of fused-ring (bicyclic) bond motifs is 1. The van der Waals surface area contributed by atoms with Gasteiger partial charge >= 0.3 is 5.97 Å². The van der Waals surface area contributed by atoms with Crippen LogP contribution in [0.4, 0.5) is 4.39 Å². The lowest BCUT2D eigenvalue weighted by molar-refractivity contribution is -0.140. The van der Waals surface area contributed by atoms with Crippen LogP contribution >= 0.6 is 0 Å². The number of esters is 1. The summed E-state index contributed by atoms with van der Waals surface area (Å²) in [5, 5.41) is 38.9. The number of benzene rings is 2. The number of halogens is 1. The van der Waals surface area contributed by atoms with E-state index >= 15 is 0 Å². The van der Waals surface area contributed by atoms with Gasteiger partial charge in [-0.15, -0.1) is 0 Å². The highest BCUT2D eigenvalue weighted by atomic mass is 19.1. The highest BCUT2D eigenvalue weighted by Crippen LogP contribution is 2.37. The molecule has 4 N–H and O–H groups in total. The number of rotatable bonds is 4. The molecule has 0 bridgehead atoms. The molecule has 28 heavy (non-hydrogen) atoms. The molecule has 0 saturated carbocycles. The number of phenolic OH excluding ortho intramolecular Hbond substituents is 3. The van der Waals surface area contributed by atoms with Crippen molar-refractivity contribution in [3.8, 4) is 40.1 Å². The van der Waals surface area contributed by atoms with E-state index in [-0.39, 0.29) is 34.5 Å². The van der Waals surface area contributed by atoms with Crippen LogP contribution in [0.1, 0.15) is 13.3 Å². The first-order chi connectivity index (χ1) is 13.2. The molecule has 9 heteroatoms. The molecular formula is C19H15FO8. The maximum absolute atomic E-state index is 13.4. The van der Waals surface area contributed by atoms with Gasteiger partial charge in [0.1, 0.15) is 22.5 Å². The van der Waals surface area contributed by atoms with E-state index in [0.29, 0.717) is 0 Å². The molecule has 146 valence electrons. The van der Waals surface area contributed by atoms with Gasteiger partial charge in [0.25, 0.3) is 0 Å². The summed E-state index contributed by atoms with van der Waals surface area (Å²) >= 11 is 0. The third-order valence-electron chi connectivity index (χ3n) is 3.99. The lowest BCUT2D eigenvalue weighted by Crippen LogP contribution is -2.20. The predicted molar refractivity (Wildman–Crippen MR) is 95.4 cm³/mol. The van der Waals surface area contributed by atoms with E-state index in [1.165, 1.54) is 13.0 Å². The summed E-state index contributed by atoms with van der Waals surface area (Å²) in [6.45, 7) is 1.45. The molecule has 1 atom stereocenters. The zero-order valence-electron chi connectivity index (χ0n) is 14.5. The smallest absolute Gasteiger partial charge is 0.346 e. The fourth-order valence-corrected chi connectivity index (χ4v) is 2.53. The number of aromatic hydroxyl groups is 4. The van der Waals surface area contributed by atoms with Crippen LogP contribution in [-0.2, 0) is 4.79 Å². The number of carbonyl (C=O) groups is 1. The minimum atomic E-state index is -1.86. The Balaban J connectivity index is 2.17. The van der Waals surface area contributed by atoms with E-state index in [1.807, 2.05) is 0 Å². The second kappa shape index (κ2) is 7.10. The third-order valence-corrected chi connectivity index (χ3v) is 3.99. The van der Waals surface area contributed by atoms with Crippen LogP contribution in [0.15, 0.2) is 39.5 Å². The van der Waals surface area contributed by atoms with Crippen LogP contribution in [0.2, 0.25) is 0 Å². The molecule has 0 amide bonds. The summed E-state index contributed by atoms with van der Waals surface area (Å²) < 4.78 is 23.7. The molecule has 0 fully saturated rings. The van der Waals surface area contributed by atoms with E-state index in [9.17, 15) is 34.4 Å². The number of phenols is 3. The van der Waals surface area contributed by atoms with E-state index in [1.54, 1.807) is 0 Å². The van der Waals surface area contributed by atoms with Crippen molar-refractivity contribution in [2.24, 2.45) is 0 Å². The second-order valence-electron chi connectivity index (χ2n) is 5.92. The Kier molecular flexibility index (Phi) is 4.83. The number of hydrogen-bond acceptors (Lipinski definition) is 8. The standard InChI is InChI=1S/C19H15FO8/c1-2-10(20)19(26)27-9-6-13(23)15-14(7-9)28-18(17(25)16(15)24)8-3-4-11(21)12(22)5-8/h3-7,10,21-23,25H,2H2,1H3. The van der Waals surface area contributed by atoms with Gasteiger partial charge in [0.15, 0.2) is 23.4 Å². The summed E-state index contributed by atoms with van der Waals surface area (Å²) in [5.74, 6) is -4.21. The Morgan fingerprint density at radius 2 is 1.82 bits per heavy atom. The van der Waals surface area contributed by atoms with Gasteiger partial charge in [-0.3, -0.25) is 4.79 Å². The second-order valence-corrected chi connectivity index (χ2v) is 5.92. The lowest BCUT2D eigenvalue weighted by Gasteiger charge is -2.10. The maximum atomic E-state index is 13.4. The largest absolute Gasteiger partial charge is 0.507 e. The maximum Gasteiger partial charge on any atom is 0.346 e. The van der Waals surface area contributed by atoms with E-state index in [0.717, 1.165) is 24.3 Å². The number of carbonyl (C=O) groups excluding carboxylic acids is 1. The van der Waals surface area contributed by atoms with E-state index < -0.39 is 40.6 Å². The molecule has 3 rings (SSSR count). The molecule has 0 spiro atoms. The van der Waals surface area contributed by atoms with Gasteiger partial charge < -0.3 is 29.6 Å².